The fraction of sp³-hybridized carbons (Fsp3) is 0.250. The molecule has 0 atom stereocenters. The molecule has 0 aromatic heterocycles. The molecule has 2 rings (SSSR count). The van der Waals surface area contributed by atoms with E-state index in [9.17, 15) is 4.39 Å². The Hall–Kier alpha value is -1.88. The maximum absolute atomic E-state index is 13.6. The van der Waals surface area contributed by atoms with Gasteiger partial charge in [-0.3, -0.25) is 0 Å². The van der Waals surface area contributed by atoms with E-state index in [4.69, 9.17) is 9.47 Å². The topological polar surface area (TPSA) is 30.5 Å². The van der Waals surface area contributed by atoms with E-state index in [0.717, 1.165) is 10.5 Å². The molecule has 5 heteroatoms. The molecule has 112 valence electrons. The molecule has 0 heterocycles. The minimum absolute atomic E-state index is 0.260. The maximum atomic E-state index is 13.6. The molecule has 0 radical (unpaired) electrons. The molecule has 0 spiro atoms. The third-order valence-electron chi connectivity index (χ3n) is 3.13. The minimum atomic E-state index is -0.260. The number of anilines is 1. The Morgan fingerprint density at radius 3 is 2.38 bits per heavy atom. The molecular weight excluding hydrogens is 289 g/mol. The van der Waals surface area contributed by atoms with Crippen LogP contribution in [-0.4, -0.2) is 20.5 Å². The molecule has 2 aromatic carbocycles. The first-order valence-corrected chi connectivity index (χ1v) is 7.69. The molecule has 0 bridgehead atoms. The van der Waals surface area contributed by atoms with E-state index in [2.05, 4.69) is 5.32 Å². The van der Waals surface area contributed by atoms with Gasteiger partial charge in [-0.2, -0.15) is 0 Å². The van der Waals surface area contributed by atoms with Crippen molar-refractivity contribution in [3.05, 3.63) is 47.8 Å². The van der Waals surface area contributed by atoms with E-state index in [0.29, 0.717) is 23.7 Å². The van der Waals surface area contributed by atoms with Crippen LogP contribution in [0, 0.1) is 5.82 Å². The van der Waals surface area contributed by atoms with E-state index in [1.807, 2.05) is 18.4 Å². The number of hydrogen-bond donors (Lipinski definition) is 1. The molecule has 21 heavy (non-hydrogen) atoms. The summed E-state index contributed by atoms with van der Waals surface area (Å²) in [5.41, 5.74) is 1.52. The number of para-hydroxylation sites is 1. The summed E-state index contributed by atoms with van der Waals surface area (Å²) in [6.45, 7) is 0.511. The molecule has 0 aliphatic rings. The van der Waals surface area contributed by atoms with Crippen LogP contribution in [-0.2, 0) is 6.54 Å². The Morgan fingerprint density at radius 1 is 1.10 bits per heavy atom. The first-order valence-electron chi connectivity index (χ1n) is 6.47. The number of benzene rings is 2. The predicted molar refractivity (Wildman–Crippen MR) is 85.1 cm³/mol. The number of halogens is 1. The van der Waals surface area contributed by atoms with Crippen molar-refractivity contribution in [1.29, 1.82) is 0 Å². The summed E-state index contributed by atoms with van der Waals surface area (Å²) >= 11 is 1.61. The van der Waals surface area contributed by atoms with Gasteiger partial charge >= 0.3 is 0 Å². The van der Waals surface area contributed by atoms with Crippen LogP contribution in [0.15, 0.2) is 41.3 Å². The average molecular weight is 307 g/mol. The Bertz CT molecular complexity index is 619. The van der Waals surface area contributed by atoms with Gasteiger partial charge in [0.05, 0.1) is 19.9 Å². The van der Waals surface area contributed by atoms with Crippen molar-refractivity contribution in [3.63, 3.8) is 0 Å². The van der Waals surface area contributed by atoms with Crippen molar-refractivity contribution in [3.8, 4) is 11.5 Å². The summed E-state index contributed by atoms with van der Waals surface area (Å²) in [7, 11) is 3.21. The van der Waals surface area contributed by atoms with Crippen LogP contribution >= 0.6 is 11.8 Å². The fourth-order valence-electron chi connectivity index (χ4n) is 2.03. The second-order valence-electron chi connectivity index (χ2n) is 4.35. The molecule has 3 nitrogen and oxygen atoms in total. The van der Waals surface area contributed by atoms with Gasteiger partial charge < -0.3 is 14.8 Å². The van der Waals surface area contributed by atoms with Gasteiger partial charge in [0.1, 0.15) is 5.82 Å². The van der Waals surface area contributed by atoms with E-state index < -0.39 is 0 Å². The van der Waals surface area contributed by atoms with Crippen molar-refractivity contribution in [1.82, 2.24) is 0 Å². The largest absolute Gasteiger partial charge is 0.493 e. The molecule has 1 N–H and O–H groups in total. The average Bonchev–Trinajstić information content (AvgIpc) is 2.53. The molecule has 0 unspecified atom stereocenters. The number of methoxy groups -OCH3 is 2. The van der Waals surface area contributed by atoms with E-state index in [1.165, 1.54) is 6.07 Å². The van der Waals surface area contributed by atoms with Gasteiger partial charge in [-0.05, 0) is 36.1 Å². The molecule has 2 aromatic rings. The lowest BCUT2D eigenvalue weighted by Gasteiger charge is -2.15. The lowest BCUT2D eigenvalue weighted by molar-refractivity contribution is 0.353. The second-order valence-corrected chi connectivity index (χ2v) is 5.20. The zero-order valence-electron chi connectivity index (χ0n) is 12.3. The van der Waals surface area contributed by atoms with E-state index in [-0.39, 0.29) is 5.82 Å². The standard InChI is InChI=1S/C16H18FNO2S/c1-19-14-8-11(16(21-3)9-15(14)20-2)10-18-13-7-5-4-6-12(13)17/h4-9,18H,10H2,1-3H3. The van der Waals surface area contributed by atoms with Crippen molar-refractivity contribution >= 4 is 17.4 Å². The molecule has 0 saturated heterocycles. The summed E-state index contributed by atoms with van der Waals surface area (Å²) in [5, 5.41) is 3.11. The van der Waals surface area contributed by atoms with E-state index in [1.54, 1.807) is 44.2 Å². The highest BCUT2D eigenvalue weighted by molar-refractivity contribution is 7.98. The summed E-state index contributed by atoms with van der Waals surface area (Å²) < 4.78 is 24.2. The van der Waals surface area contributed by atoms with Crippen LogP contribution in [0.1, 0.15) is 5.56 Å². The SMILES string of the molecule is COc1cc(CNc2ccccc2F)c(SC)cc1OC. The van der Waals surface area contributed by atoms with Crippen LogP contribution in [0.5, 0.6) is 11.5 Å². The van der Waals surface area contributed by atoms with Gasteiger partial charge in [-0.25, -0.2) is 4.39 Å². The van der Waals surface area contributed by atoms with Crippen LogP contribution in [0.2, 0.25) is 0 Å². The Morgan fingerprint density at radius 2 is 1.76 bits per heavy atom. The van der Waals surface area contributed by atoms with Gasteiger partial charge in [0.15, 0.2) is 11.5 Å². The monoisotopic (exact) mass is 307 g/mol. The molecule has 0 amide bonds. The van der Waals surface area contributed by atoms with Crippen molar-refractivity contribution in [2.24, 2.45) is 0 Å². The second kappa shape index (κ2) is 7.22. The summed E-state index contributed by atoms with van der Waals surface area (Å²) in [6.07, 6.45) is 1.99. The lowest BCUT2D eigenvalue weighted by atomic mass is 10.2. The first-order chi connectivity index (χ1) is 10.2. The highest BCUT2D eigenvalue weighted by atomic mass is 32.2. The molecule has 0 saturated carbocycles. The maximum Gasteiger partial charge on any atom is 0.161 e. The number of nitrogens with one attached hydrogen (secondary N) is 1. The van der Waals surface area contributed by atoms with Crippen LogP contribution in [0.3, 0.4) is 0 Å². The molecule has 0 aliphatic heterocycles. The van der Waals surface area contributed by atoms with Gasteiger partial charge in [-0.1, -0.05) is 12.1 Å². The predicted octanol–water partition coefficient (Wildman–Crippen LogP) is 4.18. The number of ether oxygens (including phenoxy) is 2. The third-order valence-corrected chi connectivity index (χ3v) is 3.95. The van der Waals surface area contributed by atoms with Crippen LogP contribution < -0.4 is 14.8 Å². The van der Waals surface area contributed by atoms with Crippen molar-refractivity contribution < 1.29 is 13.9 Å². The number of hydrogen-bond acceptors (Lipinski definition) is 4. The first kappa shape index (κ1) is 15.5. The lowest BCUT2D eigenvalue weighted by Crippen LogP contribution is -2.03. The van der Waals surface area contributed by atoms with Gasteiger partial charge in [-0.15, -0.1) is 11.8 Å². The summed E-state index contributed by atoms with van der Waals surface area (Å²) in [5.74, 6) is 1.10. The molecule has 0 fully saturated rings. The summed E-state index contributed by atoms with van der Waals surface area (Å²) in [4.78, 5) is 1.07. The highest BCUT2D eigenvalue weighted by Gasteiger charge is 2.11. The van der Waals surface area contributed by atoms with Crippen molar-refractivity contribution in [2.75, 3.05) is 25.8 Å². The Labute approximate surface area is 128 Å². The molecular formula is C16H18FNO2S. The minimum Gasteiger partial charge on any atom is -0.493 e. The molecule has 0 aliphatic carbocycles. The van der Waals surface area contributed by atoms with E-state index >= 15 is 0 Å². The summed E-state index contributed by atoms with van der Waals surface area (Å²) in [6, 6.07) is 10.5. The quantitative estimate of drug-likeness (QED) is 0.811. The van der Waals surface area contributed by atoms with Crippen molar-refractivity contribution in [2.45, 2.75) is 11.4 Å². The zero-order valence-corrected chi connectivity index (χ0v) is 13.1. The van der Waals surface area contributed by atoms with Crippen LogP contribution in [0.4, 0.5) is 10.1 Å². The highest BCUT2D eigenvalue weighted by Crippen LogP contribution is 2.34. The third kappa shape index (κ3) is 3.61. The normalized spacial score (nSPS) is 10.3. The zero-order chi connectivity index (χ0) is 15.2. The smallest absolute Gasteiger partial charge is 0.161 e. The van der Waals surface area contributed by atoms with Crippen LogP contribution in [0.25, 0.3) is 0 Å². The van der Waals surface area contributed by atoms with Gasteiger partial charge in [0.2, 0.25) is 0 Å². The Balaban J connectivity index is 2.25. The number of thioether (sulfide) groups is 1. The van der Waals surface area contributed by atoms with Gasteiger partial charge in [0.25, 0.3) is 0 Å². The fourth-order valence-corrected chi connectivity index (χ4v) is 2.64. The number of rotatable bonds is 6. The van der Waals surface area contributed by atoms with Gasteiger partial charge in [0, 0.05) is 11.4 Å². The Kier molecular flexibility index (Phi) is 5.33.